The quantitative estimate of drug-likeness (QED) is 0.849. The third kappa shape index (κ3) is 2.14. The maximum absolute atomic E-state index is 4.79. The molecule has 18 heavy (non-hydrogen) atoms. The van der Waals surface area contributed by atoms with Gasteiger partial charge in [0, 0.05) is 18.7 Å². The average Bonchev–Trinajstić information content (AvgIpc) is 2.95. The molecule has 0 saturated carbocycles. The number of hydrogen-bond acceptors (Lipinski definition) is 3. The summed E-state index contributed by atoms with van der Waals surface area (Å²) in [6.07, 6.45) is 4.29. The highest BCUT2D eigenvalue weighted by atomic mass is 32.2. The fraction of sp³-hybridized carbons (Fsp3) is 0.571. The summed E-state index contributed by atoms with van der Waals surface area (Å²) >= 11 is 2.07. The Morgan fingerprint density at radius 2 is 2.39 bits per heavy atom. The van der Waals surface area contributed by atoms with Gasteiger partial charge in [-0.2, -0.15) is 11.8 Å². The fourth-order valence-corrected chi connectivity index (χ4v) is 3.95. The molecule has 1 atom stereocenters. The maximum Gasteiger partial charge on any atom is 0.160 e. The summed E-state index contributed by atoms with van der Waals surface area (Å²) in [6.45, 7) is 4.42. The van der Waals surface area contributed by atoms with E-state index in [1.165, 1.54) is 23.8 Å². The van der Waals surface area contributed by atoms with Crippen molar-refractivity contribution in [3.63, 3.8) is 0 Å². The maximum atomic E-state index is 4.79. The Hall–Kier alpha value is -1.03. The van der Waals surface area contributed by atoms with E-state index in [-0.39, 0.29) is 0 Å². The van der Waals surface area contributed by atoms with E-state index < -0.39 is 0 Å². The minimum atomic E-state index is 0.425. The number of nitrogens with zero attached hydrogens (tertiary/aromatic N) is 3. The largest absolute Gasteiger partial charge is 0.310 e. The Morgan fingerprint density at radius 1 is 1.50 bits per heavy atom. The Balaban J connectivity index is 2.01. The molecule has 96 valence electrons. The number of pyridine rings is 1. The van der Waals surface area contributed by atoms with Crippen molar-refractivity contribution >= 4 is 22.9 Å². The van der Waals surface area contributed by atoms with Crippen LogP contribution in [0, 0.1) is 5.92 Å². The zero-order valence-electron chi connectivity index (χ0n) is 11.0. The highest BCUT2D eigenvalue weighted by Crippen LogP contribution is 2.28. The first-order chi connectivity index (χ1) is 8.75. The van der Waals surface area contributed by atoms with E-state index in [0.717, 1.165) is 23.5 Å². The summed E-state index contributed by atoms with van der Waals surface area (Å²) in [7, 11) is 0. The second kappa shape index (κ2) is 4.92. The topological polar surface area (TPSA) is 30.7 Å². The monoisotopic (exact) mass is 261 g/mol. The third-order valence-corrected chi connectivity index (χ3v) is 4.76. The first kappa shape index (κ1) is 12.0. The van der Waals surface area contributed by atoms with Crippen LogP contribution in [0.25, 0.3) is 11.2 Å². The second-order valence-corrected chi connectivity index (χ2v) is 6.42. The van der Waals surface area contributed by atoms with E-state index in [1.54, 1.807) is 0 Å². The molecule has 1 saturated heterocycles. The molecule has 1 aliphatic heterocycles. The molecule has 1 fully saturated rings. The van der Waals surface area contributed by atoms with E-state index in [9.17, 15) is 0 Å². The normalized spacial score (nSPS) is 20.1. The van der Waals surface area contributed by atoms with Gasteiger partial charge >= 0.3 is 0 Å². The lowest BCUT2D eigenvalue weighted by Crippen LogP contribution is -2.12. The van der Waals surface area contributed by atoms with Gasteiger partial charge in [0.25, 0.3) is 0 Å². The number of rotatable bonds is 3. The minimum absolute atomic E-state index is 0.425. The van der Waals surface area contributed by atoms with Crippen molar-refractivity contribution in [2.24, 2.45) is 5.92 Å². The molecule has 1 aliphatic rings. The summed E-state index contributed by atoms with van der Waals surface area (Å²) in [5, 5.41) is 0. The van der Waals surface area contributed by atoms with Crippen LogP contribution in [-0.4, -0.2) is 26.0 Å². The van der Waals surface area contributed by atoms with Crippen molar-refractivity contribution in [3.8, 4) is 0 Å². The summed E-state index contributed by atoms with van der Waals surface area (Å²) in [6, 6.07) is 4.46. The molecule has 3 nitrogen and oxygen atoms in total. The van der Waals surface area contributed by atoms with Gasteiger partial charge in [0.15, 0.2) is 5.65 Å². The van der Waals surface area contributed by atoms with Gasteiger partial charge in [0.1, 0.15) is 11.3 Å². The van der Waals surface area contributed by atoms with Gasteiger partial charge in [-0.25, -0.2) is 9.97 Å². The fourth-order valence-electron chi connectivity index (χ4n) is 2.67. The molecule has 0 amide bonds. The van der Waals surface area contributed by atoms with Crippen LogP contribution in [-0.2, 0) is 6.42 Å². The van der Waals surface area contributed by atoms with Crippen molar-refractivity contribution in [3.05, 3.63) is 24.2 Å². The van der Waals surface area contributed by atoms with E-state index in [4.69, 9.17) is 4.98 Å². The number of hydrogen-bond donors (Lipinski definition) is 0. The third-order valence-electron chi connectivity index (χ3n) is 3.53. The molecule has 2 aromatic heterocycles. The number of fused-ring (bicyclic) bond motifs is 1. The first-order valence-electron chi connectivity index (χ1n) is 6.65. The molecule has 0 N–H and O–H groups in total. The van der Waals surface area contributed by atoms with Crippen LogP contribution >= 0.6 is 11.8 Å². The Morgan fingerprint density at radius 3 is 3.11 bits per heavy atom. The molecule has 3 rings (SSSR count). The molecule has 0 spiro atoms. The highest BCUT2D eigenvalue weighted by molar-refractivity contribution is 7.99. The van der Waals surface area contributed by atoms with E-state index in [0.29, 0.717) is 6.04 Å². The molecule has 2 aromatic rings. The Kier molecular flexibility index (Phi) is 3.29. The van der Waals surface area contributed by atoms with Crippen LogP contribution in [0.3, 0.4) is 0 Å². The van der Waals surface area contributed by atoms with Crippen LogP contribution < -0.4 is 0 Å². The van der Waals surface area contributed by atoms with Gasteiger partial charge in [-0.15, -0.1) is 0 Å². The van der Waals surface area contributed by atoms with Gasteiger partial charge in [0.05, 0.1) is 0 Å². The van der Waals surface area contributed by atoms with E-state index >= 15 is 0 Å². The SMILES string of the molecule is CC(C)n1c(CC2CCSC2)nc2cccnc21. The van der Waals surface area contributed by atoms with Crippen LogP contribution in [0.1, 0.15) is 32.1 Å². The van der Waals surface area contributed by atoms with Crippen LogP contribution in [0.15, 0.2) is 18.3 Å². The zero-order chi connectivity index (χ0) is 12.5. The Bertz CT molecular complexity index is 541. The number of thioether (sulfide) groups is 1. The van der Waals surface area contributed by atoms with Gasteiger partial charge in [0.2, 0.25) is 0 Å². The number of imidazole rings is 1. The lowest BCUT2D eigenvalue weighted by Gasteiger charge is -2.14. The predicted molar refractivity (Wildman–Crippen MR) is 77.0 cm³/mol. The van der Waals surface area contributed by atoms with Gasteiger partial charge in [-0.1, -0.05) is 0 Å². The molecule has 4 heteroatoms. The first-order valence-corrected chi connectivity index (χ1v) is 7.80. The molecular formula is C14H19N3S. The smallest absolute Gasteiger partial charge is 0.160 e. The standard InChI is InChI=1S/C14H19N3S/c1-10(2)17-13(8-11-5-7-18-9-11)16-12-4-3-6-15-14(12)17/h3-4,6,10-11H,5,7-9H2,1-2H3. The average molecular weight is 261 g/mol. The molecule has 0 aliphatic carbocycles. The summed E-state index contributed by atoms with van der Waals surface area (Å²) in [4.78, 5) is 9.28. The van der Waals surface area contributed by atoms with E-state index in [2.05, 4.69) is 41.2 Å². The number of aromatic nitrogens is 3. The van der Waals surface area contributed by atoms with Crippen LogP contribution in [0.4, 0.5) is 0 Å². The minimum Gasteiger partial charge on any atom is -0.310 e. The highest BCUT2D eigenvalue weighted by Gasteiger charge is 2.21. The lowest BCUT2D eigenvalue weighted by atomic mass is 10.0. The molecule has 0 aromatic carbocycles. The van der Waals surface area contributed by atoms with E-state index in [1.807, 2.05) is 12.3 Å². The van der Waals surface area contributed by atoms with Crippen molar-refractivity contribution in [2.75, 3.05) is 11.5 Å². The predicted octanol–water partition coefficient (Wildman–Crippen LogP) is 3.31. The Labute approximate surface area is 112 Å². The molecule has 0 bridgehead atoms. The summed E-state index contributed by atoms with van der Waals surface area (Å²) in [5.74, 6) is 4.61. The van der Waals surface area contributed by atoms with Gasteiger partial charge < -0.3 is 4.57 Å². The van der Waals surface area contributed by atoms with Crippen molar-refractivity contribution in [2.45, 2.75) is 32.7 Å². The molecule has 0 radical (unpaired) electrons. The summed E-state index contributed by atoms with van der Waals surface area (Å²) in [5.41, 5.74) is 2.07. The lowest BCUT2D eigenvalue weighted by molar-refractivity contribution is 0.520. The van der Waals surface area contributed by atoms with Crippen molar-refractivity contribution in [1.82, 2.24) is 14.5 Å². The molecule has 3 heterocycles. The molecular weight excluding hydrogens is 242 g/mol. The van der Waals surface area contributed by atoms with Crippen LogP contribution in [0.5, 0.6) is 0 Å². The zero-order valence-corrected chi connectivity index (χ0v) is 11.8. The van der Waals surface area contributed by atoms with Crippen molar-refractivity contribution < 1.29 is 0 Å². The van der Waals surface area contributed by atoms with Gasteiger partial charge in [-0.3, -0.25) is 0 Å². The van der Waals surface area contributed by atoms with Gasteiger partial charge in [-0.05, 0) is 49.8 Å². The van der Waals surface area contributed by atoms with Crippen LogP contribution in [0.2, 0.25) is 0 Å². The summed E-state index contributed by atoms with van der Waals surface area (Å²) < 4.78 is 2.30. The second-order valence-electron chi connectivity index (χ2n) is 5.27. The van der Waals surface area contributed by atoms with Crippen molar-refractivity contribution in [1.29, 1.82) is 0 Å². The molecule has 1 unspecified atom stereocenters.